The van der Waals surface area contributed by atoms with Crippen molar-refractivity contribution in [2.45, 2.75) is 206 Å². The second-order valence-corrected chi connectivity index (χ2v) is 24.0. The Bertz CT molecular complexity index is 3240. The second-order valence-electron chi connectivity index (χ2n) is 24.0. The van der Waals surface area contributed by atoms with E-state index in [4.69, 9.17) is 76.0 Å². The summed E-state index contributed by atoms with van der Waals surface area (Å²) >= 11 is 0. The zero-order valence-corrected chi connectivity index (χ0v) is 73.7. The zero-order chi connectivity index (χ0) is 86.6. The number of carbonyl (C=O) groups excluding carboxylic acids is 18. The minimum atomic E-state index is -1.25. The quantitative estimate of drug-likeness (QED) is 0.0149. The molecular formula is C69H125N15O29S7. The van der Waals surface area contributed by atoms with Crippen LogP contribution < -0.4 is 83.4 Å². The van der Waals surface area contributed by atoms with E-state index < -0.39 is 143 Å². The first-order valence-corrected chi connectivity index (χ1v) is 34.0. The van der Waals surface area contributed by atoms with Gasteiger partial charge in [0, 0.05) is 69.6 Å². The van der Waals surface area contributed by atoms with Crippen LogP contribution in [0.1, 0.15) is 162 Å². The van der Waals surface area contributed by atoms with Crippen LogP contribution in [0, 0.1) is 11.8 Å². The lowest BCUT2D eigenvalue weighted by atomic mass is 10.0. The molecule has 2 aromatic rings. The summed E-state index contributed by atoms with van der Waals surface area (Å²) in [5, 5.41) is 46.2. The molecule has 0 spiro atoms. The fourth-order valence-electron chi connectivity index (χ4n) is 7.86. The molecule has 0 saturated heterocycles. The Morgan fingerprint density at radius 2 is 0.592 bits per heavy atom. The van der Waals surface area contributed by atoms with Crippen molar-refractivity contribution in [2.24, 2.45) is 57.7 Å². The van der Waals surface area contributed by atoms with Crippen molar-refractivity contribution in [1.82, 2.24) is 37.5 Å². The summed E-state index contributed by atoms with van der Waals surface area (Å²) in [6.45, 7) is 6.47. The molecule has 692 valence electrons. The van der Waals surface area contributed by atoms with Crippen LogP contribution in [0.3, 0.4) is 0 Å². The molecule has 0 aliphatic heterocycles. The number of methoxy groups -OCH3 is 3. The van der Waals surface area contributed by atoms with Gasteiger partial charge >= 0.3 is 42.0 Å². The average molecular weight is 1850 g/mol. The van der Waals surface area contributed by atoms with Crippen LogP contribution in [0.15, 0.2) is 60.7 Å². The van der Waals surface area contributed by atoms with Gasteiger partial charge in [0.2, 0.25) is 53.2 Å². The number of hydrogen-bond acceptors (Lipinski definition) is 29. The number of esters is 3. The predicted octanol–water partition coefficient (Wildman–Crippen LogP) is -1.87. The summed E-state index contributed by atoms with van der Waals surface area (Å²) in [4.78, 5) is 221. The van der Waals surface area contributed by atoms with Crippen LogP contribution in [-0.2, 0) is 123 Å². The molecule has 9 atom stereocenters. The monoisotopic (exact) mass is 1850 g/mol. The number of carbonyl (C=O) groups is 20. The van der Waals surface area contributed by atoms with Gasteiger partial charge in [-0.05, 0) is 82.8 Å². The van der Waals surface area contributed by atoms with Crippen LogP contribution >= 0.6 is 94.5 Å². The molecule has 0 saturated carbocycles. The van der Waals surface area contributed by atoms with Crippen molar-refractivity contribution in [3.8, 4) is 0 Å². The standard InChI is InChI=1S/C14H18N2O5.C13H16N2O5.C13H22N2O5.C12H21N3O5.C10H18N4O6.C6H12N2O3.CH4.7H2S/c1-20-13(18)11(7-8-12(15)17)16-14(19)21-9-10-5-3-2-4-6-10;14-11(16)7-6-10(12(17)18)15-13(19)20-8-9-4-2-1-3-5-9;1-8(9(2)16)4-7-12(18)15-10(13(19)20-3)5-6-11(14)17;1-7(8(2)16)3-6-11(18)14-9(12(19)15-20)4-5-10(13)17;11-5(10(18)19)1-4-8(16)13-6(9(17)14-20)2-3-7(12)15;1-11-6(10)4(7)2-3-5(8)9;;;;;;;;/h2-6,11H,7-9H2,1H3,(H2,15,17)(H,16,19);1-5,10H,6-8H2,(H2,14,16)(H,15,19)(H,17,18);8,10H,4-7H2,1-3H3,(H2,14,17)(H,15,18);7,9,20H,3-6H2,1-2H3,(H2,13,17)(H,14,18)(H,15,19);5-6,20H,1-4,11H2,(H2,12,15)(H,13,16)(H,14,17)(H,18,19);4H,2-3,7H2,1H3,(H2,8,9);1H4;7*1H2/t11-;10-;8-,10-;7-,9-;5-,6-;4-;;;;;;;;/m000000......../s1. The van der Waals surface area contributed by atoms with Gasteiger partial charge in [0.05, 0.1) is 21.3 Å². The molecule has 0 bridgehead atoms. The maximum Gasteiger partial charge on any atom is 0.408 e. The molecule has 44 nitrogen and oxygen atoms in total. The van der Waals surface area contributed by atoms with E-state index in [0.717, 1.165) is 11.1 Å². The van der Waals surface area contributed by atoms with Crippen molar-refractivity contribution in [3.05, 3.63) is 71.8 Å². The number of primary amides is 6. The molecule has 0 radical (unpaired) electrons. The normalized spacial score (nSPS) is 11.6. The molecule has 2 rings (SSSR count). The van der Waals surface area contributed by atoms with Crippen molar-refractivity contribution in [2.75, 3.05) is 21.3 Å². The van der Waals surface area contributed by atoms with Gasteiger partial charge in [0.15, 0.2) is 0 Å². The zero-order valence-electron chi connectivity index (χ0n) is 66.7. The van der Waals surface area contributed by atoms with E-state index in [0.29, 0.717) is 12.8 Å². The summed E-state index contributed by atoms with van der Waals surface area (Å²) in [7, 11) is 3.63. The maximum atomic E-state index is 11.7. The van der Waals surface area contributed by atoms with Gasteiger partial charge in [-0.15, -0.1) is 0 Å². The van der Waals surface area contributed by atoms with Gasteiger partial charge in [-0.2, -0.15) is 94.5 Å². The van der Waals surface area contributed by atoms with E-state index >= 15 is 0 Å². The van der Waals surface area contributed by atoms with Gasteiger partial charge < -0.3 is 106 Å². The van der Waals surface area contributed by atoms with Crippen molar-refractivity contribution >= 4 is 213 Å². The van der Waals surface area contributed by atoms with E-state index in [-0.39, 0.29) is 247 Å². The number of benzene rings is 2. The molecular weight excluding hydrogens is 1730 g/mol. The number of ketones is 2. The number of alkyl carbamates (subject to hydrolysis) is 2. The van der Waals surface area contributed by atoms with Crippen molar-refractivity contribution < 1.29 is 140 Å². The largest absolute Gasteiger partial charge is 0.480 e. The molecule has 0 unspecified atom stereocenters. The summed E-state index contributed by atoms with van der Waals surface area (Å²) in [5.74, 6) is -11.4. The number of aliphatic carboxylic acids is 2. The summed E-state index contributed by atoms with van der Waals surface area (Å²) < 4.78 is 23.3. The highest BCUT2D eigenvalue weighted by Gasteiger charge is 2.27. The van der Waals surface area contributed by atoms with Gasteiger partial charge in [0.25, 0.3) is 11.8 Å². The number of hydroxylamine groups is 2. The first kappa shape index (κ1) is 136. The lowest BCUT2D eigenvalue weighted by Gasteiger charge is -2.16. The first-order valence-electron chi connectivity index (χ1n) is 34.0. The minimum Gasteiger partial charge on any atom is -0.480 e. The maximum absolute atomic E-state index is 11.7. The molecule has 0 fully saturated rings. The lowest BCUT2D eigenvalue weighted by Crippen LogP contribution is -2.46. The Labute approximate surface area is 743 Å². The highest BCUT2D eigenvalue weighted by Crippen LogP contribution is 2.11. The number of rotatable bonds is 45. The van der Waals surface area contributed by atoms with Gasteiger partial charge in [0.1, 0.15) is 67.1 Å². The number of carboxylic acids is 2. The molecule has 51 heteroatoms. The number of amides is 13. The second kappa shape index (κ2) is 81.5. The van der Waals surface area contributed by atoms with Crippen LogP contribution in [-0.4, -0.2) is 203 Å². The Morgan fingerprint density at radius 3 is 0.858 bits per heavy atom. The van der Waals surface area contributed by atoms with Gasteiger partial charge in [-0.1, -0.05) is 81.9 Å². The van der Waals surface area contributed by atoms with Crippen molar-refractivity contribution in [1.29, 1.82) is 0 Å². The average Bonchev–Trinajstić information content (AvgIpc) is 0.921. The highest BCUT2D eigenvalue weighted by atomic mass is 32.1. The lowest BCUT2D eigenvalue weighted by molar-refractivity contribution is -0.145. The summed E-state index contributed by atoms with van der Waals surface area (Å²) in [6.07, 6.45) is -1.08. The number of hydrogen-bond donors (Lipinski definition) is 19. The third-order valence-electron chi connectivity index (χ3n) is 14.7. The van der Waals surface area contributed by atoms with Gasteiger partial charge in [-0.3, -0.25) is 82.3 Å². The van der Waals surface area contributed by atoms with Crippen LogP contribution in [0.5, 0.6) is 0 Å². The Kier molecular flexibility index (Phi) is 92.5. The van der Waals surface area contributed by atoms with Crippen LogP contribution in [0.4, 0.5) is 9.59 Å². The highest BCUT2D eigenvalue weighted by molar-refractivity contribution is 7.60. The topological polar surface area (TPSA) is 761 Å². The third kappa shape index (κ3) is 76.8. The van der Waals surface area contributed by atoms with E-state index in [1.165, 1.54) is 46.1 Å². The van der Waals surface area contributed by atoms with Crippen molar-refractivity contribution in [3.63, 3.8) is 0 Å². The number of Topliss-reactive ketones (excluding diaryl/α,β-unsaturated/α-hetero) is 2. The van der Waals surface area contributed by atoms with E-state index in [1.807, 2.05) is 24.3 Å². The molecule has 2 aromatic carbocycles. The smallest absolute Gasteiger partial charge is 0.408 e. The molecule has 27 N–H and O–H groups in total. The number of nitrogens with one attached hydrogen (secondary N) is 7. The Morgan fingerprint density at radius 1 is 0.342 bits per heavy atom. The number of ether oxygens (including phenoxy) is 5. The predicted molar refractivity (Wildman–Crippen MR) is 467 cm³/mol. The minimum absolute atomic E-state index is 0. The molecule has 120 heavy (non-hydrogen) atoms. The summed E-state index contributed by atoms with van der Waals surface area (Å²) in [6, 6.07) is 10.9. The van der Waals surface area contributed by atoms with E-state index in [1.54, 1.807) is 50.2 Å². The molecule has 0 aliphatic rings. The third-order valence-corrected chi connectivity index (χ3v) is 14.7. The fourth-order valence-corrected chi connectivity index (χ4v) is 7.86. The Balaban J connectivity index is -0.000000116. The molecule has 0 aliphatic carbocycles. The van der Waals surface area contributed by atoms with Gasteiger partial charge in [-0.25, -0.2) is 34.9 Å². The molecule has 0 aromatic heterocycles. The first-order chi connectivity index (χ1) is 52.4. The number of nitrogens with two attached hydrogens (primary N) is 8. The summed E-state index contributed by atoms with van der Waals surface area (Å²) in [5.41, 5.74) is 44.5. The molecule has 0 heterocycles. The fraction of sp³-hybridized carbons (Fsp3) is 0.536. The van der Waals surface area contributed by atoms with Crippen LogP contribution in [0.25, 0.3) is 0 Å². The van der Waals surface area contributed by atoms with E-state index in [9.17, 15) is 95.9 Å². The Hall–Kier alpha value is -9.87. The van der Waals surface area contributed by atoms with E-state index in [2.05, 4.69) is 40.8 Å². The molecule has 13 amide bonds. The van der Waals surface area contributed by atoms with Crippen LogP contribution in [0.2, 0.25) is 0 Å². The SMILES string of the molecule is C.CC(=O)[C@@H](C)CCC(=O)N[C@@H](CCC(N)=O)C(=O)NO.COC(=O)[C@@H](N)CCC(N)=O.COC(=O)[C@H](CCC(N)=O)NC(=O)CC[C@H](C)C(C)=O.COC(=O)[C@H](CCC(N)=O)NC(=O)OCc1ccccc1.NC(=O)CC[C@H](NC(=O)CC[C@H](N)C(=O)O)C(=O)NO.NC(=O)CC[C@H](NC(=O)OCc1ccccc1)C(=O)O.S.S.S.S.S.S.S. The number of carboxylic acid groups (broad SMARTS) is 2.